The number of methoxy groups -OCH3 is 1. The molecule has 0 unspecified atom stereocenters. The first kappa shape index (κ1) is 17.1. The molecule has 2 amide bonds. The van der Waals surface area contributed by atoms with E-state index in [0.29, 0.717) is 19.6 Å². The first-order valence-electron chi connectivity index (χ1n) is 7.69. The Bertz CT molecular complexity index is 501. The van der Waals surface area contributed by atoms with Crippen molar-refractivity contribution in [2.24, 2.45) is 0 Å². The zero-order valence-corrected chi connectivity index (χ0v) is 13.4. The van der Waals surface area contributed by atoms with Gasteiger partial charge in [-0.2, -0.15) is 0 Å². The summed E-state index contributed by atoms with van der Waals surface area (Å²) >= 11 is 0. The third-order valence-corrected chi connectivity index (χ3v) is 3.72. The Kier molecular flexibility index (Phi) is 6.68. The van der Waals surface area contributed by atoms with Gasteiger partial charge in [-0.15, -0.1) is 0 Å². The molecule has 2 rings (SSSR count). The van der Waals surface area contributed by atoms with Gasteiger partial charge in [0.15, 0.2) is 0 Å². The molecule has 0 atom stereocenters. The average Bonchev–Trinajstić information content (AvgIpc) is 2.61. The number of rotatable bonds is 5. The Balaban J connectivity index is 1.57. The fourth-order valence-corrected chi connectivity index (χ4v) is 2.37. The molecule has 0 radical (unpaired) electrons. The van der Waals surface area contributed by atoms with Crippen LogP contribution in [0.1, 0.15) is 5.56 Å². The van der Waals surface area contributed by atoms with Gasteiger partial charge in [0.1, 0.15) is 6.61 Å². The molecule has 0 bridgehead atoms. The lowest BCUT2D eigenvalue weighted by Crippen LogP contribution is -2.50. The van der Waals surface area contributed by atoms with Crippen LogP contribution in [-0.2, 0) is 16.1 Å². The number of carbonyl (C=O) groups excluding carboxylic acids is 2. The fourth-order valence-electron chi connectivity index (χ4n) is 2.37. The second-order valence-corrected chi connectivity index (χ2v) is 5.29. The highest BCUT2D eigenvalue weighted by Crippen LogP contribution is 2.03. The maximum Gasteiger partial charge on any atom is 0.409 e. The Morgan fingerprint density at radius 1 is 1.13 bits per heavy atom. The van der Waals surface area contributed by atoms with Crippen LogP contribution in [0.3, 0.4) is 0 Å². The molecule has 1 aromatic rings. The fraction of sp³-hybridized carbons (Fsp3) is 0.500. The van der Waals surface area contributed by atoms with Crippen LogP contribution in [0.4, 0.5) is 9.59 Å². The lowest BCUT2D eigenvalue weighted by molar-refractivity contribution is 0.0908. The minimum atomic E-state index is -0.415. The second-order valence-electron chi connectivity index (χ2n) is 5.29. The Morgan fingerprint density at radius 2 is 1.83 bits per heavy atom. The van der Waals surface area contributed by atoms with E-state index in [0.717, 1.165) is 25.2 Å². The molecule has 0 saturated carbocycles. The van der Waals surface area contributed by atoms with Gasteiger partial charge in [-0.25, -0.2) is 9.59 Å². The number of nitrogens with zero attached hydrogens (tertiary/aromatic N) is 2. The predicted octanol–water partition coefficient (Wildman–Crippen LogP) is 1.30. The summed E-state index contributed by atoms with van der Waals surface area (Å²) < 4.78 is 9.84. The average molecular weight is 321 g/mol. The summed E-state index contributed by atoms with van der Waals surface area (Å²) in [6, 6.07) is 9.56. The third-order valence-electron chi connectivity index (χ3n) is 3.72. The summed E-state index contributed by atoms with van der Waals surface area (Å²) in [4.78, 5) is 26.9. The first-order valence-corrected chi connectivity index (χ1v) is 7.69. The summed E-state index contributed by atoms with van der Waals surface area (Å²) in [6.07, 6.45) is -0.700. The van der Waals surface area contributed by atoms with Gasteiger partial charge < -0.3 is 19.7 Å². The quantitative estimate of drug-likeness (QED) is 0.885. The van der Waals surface area contributed by atoms with Crippen LogP contribution in [-0.4, -0.2) is 68.4 Å². The van der Waals surface area contributed by atoms with E-state index in [2.05, 4.69) is 10.2 Å². The monoisotopic (exact) mass is 321 g/mol. The van der Waals surface area contributed by atoms with E-state index in [4.69, 9.17) is 9.47 Å². The normalized spacial score (nSPS) is 15.1. The smallest absolute Gasteiger partial charge is 0.409 e. The predicted molar refractivity (Wildman–Crippen MR) is 85.0 cm³/mol. The number of hydrogen-bond acceptors (Lipinski definition) is 5. The summed E-state index contributed by atoms with van der Waals surface area (Å²) in [5.74, 6) is 0. The highest BCUT2D eigenvalue weighted by atomic mass is 16.5. The van der Waals surface area contributed by atoms with Gasteiger partial charge in [0.2, 0.25) is 0 Å². The van der Waals surface area contributed by atoms with Gasteiger partial charge in [0.05, 0.1) is 7.11 Å². The maximum atomic E-state index is 11.6. The van der Waals surface area contributed by atoms with Crippen molar-refractivity contribution in [2.75, 3.05) is 46.4 Å². The van der Waals surface area contributed by atoms with E-state index in [1.54, 1.807) is 4.90 Å². The minimum absolute atomic E-state index is 0.268. The second kappa shape index (κ2) is 8.99. The molecule has 1 aliphatic heterocycles. The topological polar surface area (TPSA) is 71.1 Å². The van der Waals surface area contributed by atoms with Crippen LogP contribution in [0, 0.1) is 0 Å². The molecule has 7 heteroatoms. The van der Waals surface area contributed by atoms with Crippen molar-refractivity contribution in [1.82, 2.24) is 15.1 Å². The van der Waals surface area contributed by atoms with Gasteiger partial charge >= 0.3 is 12.2 Å². The number of carbonyl (C=O) groups is 2. The minimum Gasteiger partial charge on any atom is -0.453 e. The molecule has 1 aliphatic rings. The van der Waals surface area contributed by atoms with E-state index < -0.39 is 6.09 Å². The molecule has 23 heavy (non-hydrogen) atoms. The van der Waals surface area contributed by atoms with Crippen LogP contribution < -0.4 is 5.32 Å². The summed E-state index contributed by atoms with van der Waals surface area (Å²) in [7, 11) is 1.39. The van der Waals surface area contributed by atoms with Crippen LogP contribution in [0.5, 0.6) is 0 Å². The zero-order chi connectivity index (χ0) is 16.5. The van der Waals surface area contributed by atoms with Crippen molar-refractivity contribution in [2.45, 2.75) is 6.61 Å². The largest absolute Gasteiger partial charge is 0.453 e. The van der Waals surface area contributed by atoms with Crippen LogP contribution in [0.2, 0.25) is 0 Å². The molecule has 1 heterocycles. The van der Waals surface area contributed by atoms with Crippen molar-refractivity contribution in [3.63, 3.8) is 0 Å². The van der Waals surface area contributed by atoms with Gasteiger partial charge in [-0.3, -0.25) is 4.90 Å². The highest BCUT2D eigenvalue weighted by Gasteiger charge is 2.21. The molecule has 1 N–H and O–H groups in total. The van der Waals surface area contributed by atoms with E-state index >= 15 is 0 Å². The maximum absolute atomic E-state index is 11.6. The summed E-state index contributed by atoms with van der Waals surface area (Å²) in [6.45, 7) is 4.35. The van der Waals surface area contributed by atoms with Gasteiger partial charge in [0.25, 0.3) is 0 Å². The first-order chi connectivity index (χ1) is 11.2. The number of hydrogen-bond donors (Lipinski definition) is 1. The standard InChI is InChI=1S/C16H23N3O4/c1-22-16(21)19-11-9-18(10-12-19)8-7-17-15(20)23-13-14-5-3-2-4-6-14/h2-6H,7-13H2,1H3,(H,17,20). The molecular weight excluding hydrogens is 298 g/mol. The SMILES string of the molecule is COC(=O)N1CCN(CCNC(=O)OCc2ccccc2)CC1. The summed E-state index contributed by atoms with van der Waals surface area (Å²) in [5, 5.41) is 2.74. The van der Waals surface area contributed by atoms with E-state index in [1.807, 2.05) is 30.3 Å². The van der Waals surface area contributed by atoms with Gasteiger partial charge in [-0.05, 0) is 5.56 Å². The molecular formula is C16H23N3O4. The molecule has 0 aliphatic carbocycles. The highest BCUT2D eigenvalue weighted by molar-refractivity contribution is 5.67. The molecule has 0 spiro atoms. The van der Waals surface area contributed by atoms with Crippen molar-refractivity contribution in [1.29, 1.82) is 0 Å². The zero-order valence-electron chi connectivity index (χ0n) is 13.4. The number of alkyl carbamates (subject to hydrolysis) is 1. The number of nitrogens with one attached hydrogen (secondary N) is 1. The van der Waals surface area contributed by atoms with E-state index in [-0.39, 0.29) is 12.7 Å². The number of amides is 2. The number of benzene rings is 1. The van der Waals surface area contributed by atoms with Crippen LogP contribution >= 0.6 is 0 Å². The number of ether oxygens (including phenoxy) is 2. The van der Waals surface area contributed by atoms with Crippen LogP contribution in [0.25, 0.3) is 0 Å². The van der Waals surface area contributed by atoms with Crippen molar-refractivity contribution < 1.29 is 19.1 Å². The van der Waals surface area contributed by atoms with Gasteiger partial charge in [-0.1, -0.05) is 30.3 Å². The Hall–Kier alpha value is -2.28. The van der Waals surface area contributed by atoms with E-state index in [9.17, 15) is 9.59 Å². The lowest BCUT2D eigenvalue weighted by atomic mass is 10.2. The molecule has 1 aromatic carbocycles. The molecule has 126 valence electrons. The van der Waals surface area contributed by atoms with Crippen molar-refractivity contribution >= 4 is 12.2 Å². The van der Waals surface area contributed by atoms with Gasteiger partial charge in [0, 0.05) is 39.3 Å². The third kappa shape index (κ3) is 5.78. The molecule has 7 nitrogen and oxygen atoms in total. The number of piperazine rings is 1. The van der Waals surface area contributed by atoms with Crippen molar-refractivity contribution in [3.8, 4) is 0 Å². The molecule has 1 saturated heterocycles. The lowest BCUT2D eigenvalue weighted by Gasteiger charge is -2.33. The Labute approximate surface area is 136 Å². The molecule has 1 fully saturated rings. The summed E-state index contributed by atoms with van der Waals surface area (Å²) in [5.41, 5.74) is 0.960. The van der Waals surface area contributed by atoms with E-state index in [1.165, 1.54) is 7.11 Å². The van der Waals surface area contributed by atoms with Crippen LogP contribution in [0.15, 0.2) is 30.3 Å². The Morgan fingerprint density at radius 3 is 2.48 bits per heavy atom. The van der Waals surface area contributed by atoms with Crippen molar-refractivity contribution in [3.05, 3.63) is 35.9 Å². The molecule has 0 aromatic heterocycles.